The van der Waals surface area contributed by atoms with E-state index in [9.17, 15) is 8.42 Å². The summed E-state index contributed by atoms with van der Waals surface area (Å²) in [6.07, 6.45) is 2.83. The van der Waals surface area contributed by atoms with Crippen LogP contribution >= 0.6 is 24.0 Å². The summed E-state index contributed by atoms with van der Waals surface area (Å²) in [6, 6.07) is 10.4. The maximum Gasteiger partial charge on any atom is 0.241 e. The fraction of sp³-hybridized carbons (Fsp3) is 0.375. The van der Waals surface area contributed by atoms with Gasteiger partial charge in [-0.05, 0) is 37.4 Å². The number of sulfonamides is 1. The Bertz CT molecular complexity index is 796. The van der Waals surface area contributed by atoms with Gasteiger partial charge >= 0.3 is 0 Å². The van der Waals surface area contributed by atoms with E-state index in [0.717, 1.165) is 24.6 Å². The van der Waals surface area contributed by atoms with Gasteiger partial charge in [0.05, 0.1) is 4.90 Å². The van der Waals surface area contributed by atoms with Crippen LogP contribution in [0, 0.1) is 5.92 Å². The van der Waals surface area contributed by atoms with Crippen molar-refractivity contribution in [2.45, 2.75) is 30.2 Å². The zero-order valence-corrected chi connectivity index (χ0v) is 14.9. The maximum atomic E-state index is 12.8. The van der Waals surface area contributed by atoms with Crippen LogP contribution in [0.4, 0.5) is 0 Å². The second-order valence-corrected chi connectivity index (χ2v) is 7.84. The van der Waals surface area contributed by atoms with E-state index in [-0.39, 0.29) is 29.3 Å². The van der Waals surface area contributed by atoms with Crippen molar-refractivity contribution < 1.29 is 8.42 Å². The van der Waals surface area contributed by atoms with Crippen molar-refractivity contribution in [1.82, 2.24) is 4.72 Å². The molecular weight excluding hydrogens is 355 g/mol. The Hall–Kier alpha value is -0.850. The zero-order chi connectivity index (χ0) is 15.7. The van der Waals surface area contributed by atoms with Crippen LogP contribution in [-0.4, -0.2) is 21.0 Å². The van der Waals surface area contributed by atoms with E-state index >= 15 is 0 Å². The van der Waals surface area contributed by atoms with Gasteiger partial charge in [0.2, 0.25) is 10.0 Å². The highest BCUT2D eigenvalue weighted by Gasteiger charge is 2.31. The fourth-order valence-corrected chi connectivity index (χ4v) is 4.98. The number of nitrogens with one attached hydrogen (secondary N) is 1. The third-order valence-electron chi connectivity index (χ3n) is 4.39. The summed E-state index contributed by atoms with van der Waals surface area (Å²) in [7, 11) is -3.59. The van der Waals surface area contributed by atoms with Gasteiger partial charge in [0.1, 0.15) is 0 Å². The highest BCUT2D eigenvalue weighted by molar-refractivity contribution is 7.89. The van der Waals surface area contributed by atoms with Gasteiger partial charge in [0.25, 0.3) is 0 Å². The largest absolute Gasteiger partial charge is 0.330 e. The molecule has 7 heteroatoms. The van der Waals surface area contributed by atoms with Gasteiger partial charge in [-0.3, -0.25) is 0 Å². The van der Waals surface area contributed by atoms with E-state index in [1.807, 2.05) is 18.2 Å². The van der Waals surface area contributed by atoms with Gasteiger partial charge in [-0.15, -0.1) is 12.4 Å². The van der Waals surface area contributed by atoms with Crippen molar-refractivity contribution in [3.8, 4) is 0 Å². The van der Waals surface area contributed by atoms with Gasteiger partial charge in [-0.1, -0.05) is 42.3 Å². The molecule has 2 aromatic rings. The van der Waals surface area contributed by atoms with Crippen molar-refractivity contribution in [1.29, 1.82) is 0 Å². The molecule has 126 valence electrons. The third kappa shape index (κ3) is 3.64. The molecule has 3 N–H and O–H groups in total. The highest BCUT2D eigenvalue weighted by atomic mass is 35.5. The molecule has 0 bridgehead atoms. The van der Waals surface area contributed by atoms with Crippen molar-refractivity contribution in [2.24, 2.45) is 11.7 Å². The highest BCUT2D eigenvalue weighted by Crippen LogP contribution is 2.31. The molecule has 0 spiro atoms. The summed E-state index contributed by atoms with van der Waals surface area (Å²) in [4.78, 5) is 0.273. The Kier molecular flexibility index (Phi) is 5.92. The molecule has 2 aromatic carbocycles. The number of nitrogens with two attached hydrogens (primary N) is 1. The molecular formula is C16H20Cl2N2O2S. The van der Waals surface area contributed by atoms with Gasteiger partial charge in [0.15, 0.2) is 0 Å². The van der Waals surface area contributed by atoms with Crippen molar-refractivity contribution >= 4 is 44.8 Å². The smallest absolute Gasteiger partial charge is 0.241 e. The van der Waals surface area contributed by atoms with E-state index < -0.39 is 10.0 Å². The van der Waals surface area contributed by atoms with E-state index in [2.05, 4.69) is 4.72 Å². The van der Waals surface area contributed by atoms with Crippen molar-refractivity contribution in [2.75, 3.05) is 6.54 Å². The first kappa shape index (κ1) is 18.5. The second kappa shape index (κ2) is 7.36. The number of hydrogen-bond donors (Lipinski definition) is 2. The molecule has 0 saturated heterocycles. The number of rotatable bonds is 4. The lowest BCUT2D eigenvalue weighted by atomic mass is 10.1. The van der Waals surface area contributed by atoms with Gasteiger partial charge in [-0.2, -0.15) is 0 Å². The van der Waals surface area contributed by atoms with Gasteiger partial charge in [-0.25, -0.2) is 13.1 Å². The van der Waals surface area contributed by atoms with E-state index in [4.69, 9.17) is 17.3 Å². The van der Waals surface area contributed by atoms with Crippen LogP contribution in [0.3, 0.4) is 0 Å². The Morgan fingerprint density at radius 2 is 1.83 bits per heavy atom. The number of halogens is 2. The lowest BCUT2D eigenvalue weighted by Gasteiger charge is -2.20. The summed E-state index contributed by atoms with van der Waals surface area (Å²) in [6.45, 7) is 0.508. The van der Waals surface area contributed by atoms with Crippen molar-refractivity contribution in [3.63, 3.8) is 0 Å². The SMILES string of the molecule is Cl.NCC1CCCC1NS(=O)(=O)c1ccc(Cl)c2ccccc12. The van der Waals surface area contributed by atoms with Crippen LogP contribution in [0.5, 0.6) is 0 Å². The van der Waals surface area contributed by atoms with Gasteiger partial charge < -0.3 is 5.73 Å². The predicted octanol–water partition coefficient (Wildman–Crippen LogP) is 3.32. The van der Waals surface area contributed by atoms with E-state index in [0.29, 0.717) is 17.0 Å². The van der Waals surface area contributed by atoms with Crippen LogP contribution in [0.2, 0.25) is 5.02 Å². The quantitative estimate of drug-likeness (QED) is 0.861. The Balaban J connectivity index is 0.00000192. The molecule has 2 atom stereocenters. The number of benzene rings is 2. The molecule has 0 aliphatic heterocycles. The molecule has 0 radical (unpaired) electrons. The number of hydrogen-bond acceptors (Lipinski definition) is 3. The normalized spacial score (nSPS) is 21.3. The molecule has 1 fully saturated rings. The maximum absolute atomic E-state index is 12.8. The van der Waals surface area contributed by atoms with Crippen LogP contribution in [0.25, 0.3) is 10.8 Å². The third-order valence-corrected chi connectivity index (χ3v) is 6.27. The first-order chi connectivity index (χ1) is 10.5. The van der Waals surface area contributed by atoms with Crippen molar-refractivity contribution in [3.05, 3.63) is 41.4 Å². The molecule has 4 nitrogen and oxygen atoms in total. The summed E-state index contributed by atoms with van der Waals surface area (Å²) < 4.78 is 28.4. The molecule has 3 rings (SSSR count). The standard InChI is InChI=1S/C16H19ClN2O2S.ClH/c17-14-8-9-16(13-6-2-1-5-12(13)14)22(20,21)19-15-7-3-4-11(15)10-18;/h1-2,5-6,8-9,11,15,19H,3-4,7,10,18H2;1H. The first-order valence-electron chi connectivity index (χ1n) is 7.42. The van der Waals surface area contributed by atoms with Crippen LogP contribution in [0.15, 0.2) is 41.3 Å². The molecule has 1 aliphatic rings. The summed E-state index contributed by atoms with van der Waals surface area (Å²) in [5, 5.41) is 1.94. The van der Waals surface area contributed by atoms with E-state index in [1.54, 1.807) is 18.2 Å². The van der Waals surface area contributed by atoms with Crippen LogP contribution in [0.1, 0.15) is 19.3 Å². The minimum Gasteiger partial charge on any atom is -0.330 e. The molecule has 0 amide bonds. The minimum absolute atomic E-state index is 0. The van der Waals surface area contributed by atoms with Crippen LogP contribution in [-0.2, 0) is 10.0 Å². The second-order valence-electron chi connectivity index (χ2n) is 5.75. The summed E-state index contributed by atoms with van der Waals surface area (Å²) in [5.41, 5.74) is 5.74. The number of fused-ring (bicyclic) bond motifs is 1. The lowest BCUT2D eigenvalue weighted by Crippen LogP contribution is -2.39. The Labute approximate surface area is 147 Å². The Morgan fingerprint density at radius 3 is 2.52 bits per heavy atom. The van der Waals surface area contributed by atoms with E-state index in [1.165, 1.54) is 0 Å². The average molecular weight is 375 g/mol. The van der Waals surface area contributed by atoms with Crippen LogP contribution < -0.4 is 10.5 Å². The minimum atomic E-state index is -3.59. The monoisotopic (exact) mass is 374 g/mol. The summed E-state index contributed by atoms with van der Waals surface area (Å²) >= 11 is 6.16. The zero-order valence-electron chi connectivity index (χ0n) is 12.5. The fourth-order valence-electron chi connectivity index (χ4n) is 3.21. The molecule has 1 saturated carbocycles. The molecule has 23 heavy (non-hydrogen) atoms. The topological polar surface area (TPSA) is 72.2 Å². The molecule has 0 aromatic heterocycles. The van der Waals surface area contributed by atoms with Gasteiger partial charge in [0, 0.05) is 21.8 Å². The molecule has 2 unspecified atom stereocenters. The molecule has 1 aliphatic carbocycles. The Morgan fingerprint density at radius 1 is 1.13 bits per heavy atom. The average Bonchev–Trinajstić information content (AvgIpc) is 2.94. The predicted molar refractivity (Wildman–Crippen MR) is 96.7 cm³/mol. The molecule has 0 heterocycles. The first-order valence-corrected chi connectivity index (χ1v) is 9.28. The lowest BCUT2D eigenvalue weighted by molar-refractivity contribution is 0.453. The summed E-state index contributed by atoms with van der Waals surface area (Å²) in [5.74, 6) is 0.216.